The van der Waals surface area contributed by atoms with E-state index in [1.807, 2.05) is 65.7 Å². The van der Waals surface area contributed by atoms with E-state index in [2.05, 4.69) is 30.9 Å². The summed E-state index contributed by atoms with van der Waals surface area (Å²) in [5, 5.41) is 9.66. The van der Waals surface area contributed by atoms with Gasteiger partial charge in [0.1, 0.15) is 16.8 Å². The molecule has 6 rings (SSSR count). The molecule has 0 amide bonds. The summed E-state index contributed by atoms with van der Waals surface area (Å²) in [6, 6.07) is 24.6. The number of para-hydroxylation sites is 4. The number of aromatic nitrogens is 4. The van der Waals surface area contributed by atoms with E-state index in [4.69, 9.17) is 4.42 Å². The van der Waals surface area contributed by atoms with Crippen LogP contribution in [0.25, 0.3) is 33.5 Å². The van der Waals surface area contributed by atoms with E-state index in [1.165, 1.54) is 5.52 Å². The third-order valence-corrected chi connectivity index (χ3v) is 4.87. The fourth-order valence-corrected chi connectivity index (χ4v) is 3.52. The van der Waals surface area contributed by atoms with Gasteiger partial charge in [-0.3, -0.25) is 4.40 Å². The van der Waals surface area contributed by atoms with Gasteiger partial charge in [0.05, 0.1) is 31.3 Å². The van der Waals surface area contributed by atoms with Crippen LogP contribution < -0.4 is 9.13 Å². The number of hydrogen-bond donors (Lipinski definition) is 1. The Morgan fingerprint density at radius 1 is 0.935 bits per heavy atom. The zero-order chi connectivity index (χ0) is 20.7. The van der Waals surface area contributed by atoms with E-state index in [1.54, 1.807) is 27.3 Å². The molecule has 0 aliphatic heterocycles. The number of aromatic hydroxyl groups is 1. The van der Waals surface area contributed by atoms with E-state index < -0.39 is 0 Å². The molecule has 3 aromatic carbocycles. The maximum absolute atomic E-state index is 9.66. The van der Waals surface area contributed by atoms with Gasteiger partial charge in [0.25, 0.3) is 0 Å². The number of imidazole rings is 2. The Kier molecular flexibility index (Phi) is 5.63. The first kappa shape index (κ1) is 20.8. The Labute approximate surface area is 192 Å². The van der Waals surface area contributed by atoms with Crippen molar-refractivity contribution in [2.24, 2.45) is 14.1 Å². The van der Waals surface area contributed by atoms with Crippen molar-refractivity contribution in [1.82, 2.24) is 8.97 Å². The molecule has 31 heavy (non-hydrogen) atoms. The number of nitrogens with zero attached hydrogens (tertiary/aromatic N) is 4. The van der Waals surface area contributed by atoms with Gasteiger partial charge in [0.2, 0.25) is 18.4 Å². The number of benzene rings is 3. The summed E-state index contributed by atoms with van der Waals surface area (Å²) in [7, 11) is 3.86. The number of rotatable bonds is 1. The van der Waals surface area contributed by atoms with Crippen LogP contribution in [0.1, 0.15) is 0 Å². The van der Waals surface area contributed by atoms with Crippen molar-refractivity contribution >= 4 is 27.8 Å². The van der Waals surface area contributed by atoms with Crippen LogP contribution in [-0.2, 0) is 34.2 Å². The molecule has 0 unspecified atom stereocenters. The largest absolute Gasteiger partial charge is 3.00 e. The molecule has 0 aliphatic rings. The van der Waals surface area contributed by atoms with Gasteiger partial charge < -0.3 is 23.2 Å². The van der Waals surface area contributed by atoms with Crippen molar-refractivity contribution in [3.8, 4) is 11.4 Å². The molecule has 6 aromatic rings. The minimum Gasteiger partial charge on any atom is -0.513 e. The molecule has 0 aliphatic carbocycles. The standard InChI is InChI=1S/C14H11N2.C10H8N2O2.Ir/c1-15-11-16(12-7-3-2-4-8-12)14-10-6-5-9-13(14)15;1-11-5-9-12(6-11)10-7(13)3-2-4-8(10)14-9;/h2-7,9-10H,1H3;2-5,13H,1H3;/q-1;;+3. The molecule has 0 bridgehead atoms. The summed E-state index contributed by atoms with van der Waals surface area (Å²) in [6.45, 7) is 0. The summed E-state index contributed by atoms with van der Waals surface area (Å²) in [5.41, 5.74) is 5.32. The predicted molar refractivity (Wildman–Crippen MR) is 111 cm³/mol. The Balaban J connectivity index is 0.000000146. The van der Waals surface area contributed by atoms with Gasteiger partial charge in [0, 0.05) is 0 Å². The number of hydrogen-bond acceptors (Lipinski definition) is 2. The van der Waals surface area contributed by atoms with Crippen LogP contribution in [0.15, 0.2) is 77.3 Å². The van der Waals surface area contributed by atoms with Gasteiger partial charge in [-0.05, 0) is 12.1 Å². The Bertz CT molecular complexity index is 1480. The van der Waals surface area contributed by atoms with Crippen molar-refractivity contribution in [3.63, 3.8) is 0 Å². The van der Waals surface area contributed by atoms with Crippen LogP contribution in [0, 0.1) is 18.7 Å². The van der Waals surface area contributed by atoms with Gasteiger partial charge in [-0.25, -0.2) is 0 Å². The van der Waals surface area contributed by atoms with Crippen LogP contribution in [-0.4, -0.2) is 14.1 Å². The second-order valence-electron chi connectivity index (χ2n) is 6.97. The fraction of sp³-hybridized carbons (Fsp3) is 0.0833. The van der Waals surface area contributed by atoms with E-state index in [-0.39, 0.29) is 25.9 Å². The number of aryl methyl sites for hydroxylation is 2. The van der Waals surface area contributed by atoms with Crippen LogP contribution in [0.4, 0.5) is 0 Å². The monoisotopic (exact) mass is 588 g/mol. The minimum atomic E-state index is 0. The van der Waals surface area contributed by atoms with Gasteiger partial charge >= 0.3 is 20.1 Å². The number of phenols is 1. The smallest absolute Gasteiger partial charge is 0.513 e. The Morgan fingerprint density at radius 3 is 2.55 bits per heavy atom. The van der Waals surface area contributed by atoms with E-state index in [0.717, 1.165) is 11.2 Å². The van der Waals surface area contributed by atoms with Crippen molar-refractivity contribution in [3.05, 3.63) is 91.6 Å². The quantitative estimate of drug-likeness (QED) is 0.238. The molecule has 0 saturated heterocycles. The maximum atomic E-state index is 9.66. The Morgan fingerprint density at radius 2 is 1.74 bits per heavy atom. The van der Waals surface area contributed by atoms with Crippen LogP contribution in [0.5, 0.6) is 5.75 Å². The third-order valence-electron chi connectivity index (χ3n) is 4.87. The van der Waals surface area contributed by atoms with E-state index in [0.29, 0.717) is 16.8 Å². The molecule has 6 nitrogen and oxygen atoms in total. The summed E-state index contributed by atoms with van der Waals surface area (Å²) in [4.78, 5) is 0. The van der Waals surface area contributed by atoms with Gasteiger partial charge in [-0.2, -0.15) is 30.3 Å². The van der Waals surface area contributed by atoms with Gasteiger partial charge in [-0.15, -0.1) is 0 Å². The fourth-order valence-electron chi connectivity index (χ4n) is 3.52. The van der Waals surface area contributed by atoms with E-state index >= 15 is 0 Å². The van der Waals surface area contributed by atoms with Crippen molar-refractivity contribution < 1.29 is 38.8 Å². The molecule has 3 aromatic heterocycles. The van der Waals surface area contributed by atoms with Gasteiger partial charge in [0.15, 0.2) is 0 Å². The van der Waals surface area contributed by atoms with Crippen molar-refractivity contribution in [2.75, 3.05) is 0 Å². The number of oxazole rings is 1. The Hall–Kier alpha value is -3.41. The first-order valence-corrected chi connectivity index (χ1v) is 9.48. The van der Waals surface area contributed by atoms with Gasteiger partial charge in [-0.1, -0.05) is 36.0 Å². The topological polar surface area (TPSA) is 50.5 Å². The summed E-state index contributed by atoms with van der Waals surface area (Å²) in [6.07, 6.45) is 8.08. The molecule has 7 heteroatoms. The number of phenolic OH excluding ortho intramolecular Hbond substituents is 1. The molecular formula is C24H19IrN4O2+2. The number of fused-ring (bicyclic) bond motifs is 4. The molecule has 0 spiro atoms. The third kappa shape index (κ3) is 3.74. The van der Waals surface area contributed by atoms with Crippen LogP contribution in [0.2, 0.25) is 0 Å². The molecule has 3 heterocycles. The SMILES string of the molecule is C[n+]1[c-]n(-c2[c-]cccc2)c2ccccc21.C[n+]1[c-]n2c(c1)oc1cccc(O)c12.[Ir+3]. The second kappa shape index (κ2) is 8.38. The molecule has 0 fully saturated rings. The first-order valence-electron chi connectivity index (χ1n) is 9.48. The second-order valence-corrected chi connectivity index (χ2v) is 6.97. The molecule has 0 saturated carbocycles. The van der Waals surface area contributed by atoms with Crippen LogP contribution in [0.3, 0.4) is 0 Å². The van der Waals surface area contributed by atoms with Crippen molar-refractivity contribution in [2.45, 2.75) is 0 Å². The average molecular weight is 588 g/mol. The zero-order valence-electron chi connectivity index (χ0n) is 16.9. The molecule has 0 radical (unpaired) electrons. The molecule has 154 valence electrons. The van der Waals surface area contributed by atoms with Crippen LogP contribution >= 0.6 is 0 Å². The maximum Gasteiger partial charge on any atom is 3.00 e. The summed E-state index contributed by atoms with van der Waals surface area (Å²) < 4.78 is 13.0. The van der Waals surface area contributed by atoms with E-state index in [9.17, 15) is 5.11 Å². The van der Waals surface area contributed by atoms with Crippen molar-refractivity contribution in [1.29, 1.82) is 0 Å². The predicted octanol–water partition coefficient (Wildman–Crippen LogP) is 3.07. The molecular weight excluding hydrogens is 569 g/mol. The zero-order valence-corrected chi connectivity index (χ0v) is 19.3. The first-order chi connectivity index (χ1) is 14.6. The summed E-state index contributed by atoms with van der Waals surface area (Å²) >= 11 is 0. The average Bonchev–Trinajstić information content (AvgIpc) is 3.40. The minimum absolute atomic E-state index is 0. The molecule has 0 atom stereocenters. The normalized spacial score (nSPS) is 10.8. The summed E-state index contributed by atoms with van der Waals surface area (Å²) in [5.74, 6) is 0.203. The molecule has 1 N–H and O–H groups in total.